The van der Waals surface area contributed by atoms with Gasteiger partial charge in [0.2, 0.25) is 5.69 Å². The zero-order valence-electron chi connectivity index (χ0n) is 26.0. The largest absolute Gasteiger partial charge is 0.454 e. The smallest absolute Gasteiger partial charge is 0.219 e. The van der Waals surface area contributed by atoms with E-state index in [-0.39, 0.29) is 11.9 Å². The van der Waals surface area contributed by atoms with Gasteiger partial charge in [-0.15, -0.1) is 0 Å². The van der Waals surface area contributed by atoms with E-state index in [1.165, 1.54) is 4.57 Å². The average Bonchev–Trinajstić information content (AvgIpc) is 3.46. The summed E-state index contributed by atoms with van der Waals surface area (Å²) in [5.41, 5.74) is 8.60. The third-order valence-corrected chi connectivity index (χ3v) is 7.77. The molecule has 0 aliphatic carbocycles. The zero-order chi connectivity index (χ0) is 31.4. The topological polar surface area (TPSA) is 40.8 Å². The van der Waals surface area contributed by atoms with Gasteiger partial charge in [0.15, 0.2) is 6.17 Å². The van der Waals surface area contributed by atoms with Gasteiger partial charge < -0.3 is 4.42 Å². The molecule has 3 nitrogen and oxygen atoms in total. The Kier molecular flexibility index (Phi) is 5.36. The summed E-state index contributed by atoms with van der Waals surface area (Å²) in [4.78, 5) is 0. The number of pyridine rings is 1. The summed E-state index contributed by atoms with van der Waals surface area (Å²) in [5, 5.41) is 11.6. The second kappa shape index (κ2) is 10.1. The number of hydrogen-bond acceptors (Lipinski definition) is 2. The van der Waals surface area contributed by atoms with Crippen molar-refractivity contribution in [3.05, 3.63) is 138 Å². The maximum Gasteiger partial charge on any atom is 0.219 e. The Morgan fingerprint density at radius 2 is 1.26 bits per heavy atom. The summed E-state index contributed by atoms with van der Waals surface area (Å²) < 4.78 is 47.5. The normalized spacial score (nSPS) is 12.2. The Balaban J connectivity index is 1.38. The first-order valence-corrected chi connectivity index (χ1v) is 13.6. The Morgan fingerprint density at radius 1 is 0.714 bits per heavy atom. The predicted molar refractivity (Wildman–Crippen MR) is 166 cm³/mol. The van der Waals surface area contributed by atoms with Crippen LogP contribution in [0.4, 0.5) is 4.39 Å². The molecule has 7 rings (SSSR count). The molecule has 0 bridgehead atoms. The highest BCUT2D eigenvalue weighted by molar-refractivity contribution is 6.14. The van der Waals surface area contributed by atoms with E-state index in [4.69, 9.17) is 8.53 Å². The highest BCUT2D eigenvalue weighted by atomic mass is 19.1. The van der Waals surface area contributed by atoms with Crippen molar-refractivity contribution in [3.63, 3.8) is 0 Å². The lowest BCUT2D eigenvalue weighted by molar-refractivity contribution is -0.660. The van der Waals surface area contributed by atoms with Gasteiger partial charge in [-0.2, -0.15) is 5.26 Å². The average molecular weight is 549 g/mol. The molecule has 0 saturated heterocycles. The molecule has 0 spiro atoms. The lowest BCUT2D eigenvalue weighted by Crippen LogP contribution is -2.30. The van der Waals surface area contributed by atoms with Crippen LogP contribution in [0.15, 0.2) is 126 Å². The molecule has 7 aromatic rings. The molecule has 42 heavy (non-hydrogen) atoms. The minimum Gasteiger partial charge on any atom is -0.454 e. The molecule has 0 atom stereocenters. The van der Waals surface area contributed by atoms with Crippen LogP contribution in [0.25, 0.3) is 66.6 Å². The Labute approximate surface area is 247 Å². The van der Waals surface area contributed by atoms with Crippen LogP contribution >= 0.6 is 0 Å². The predicted octanol–water partition coefficient (Wildman–Crippen LogP) is 9.40. The Bertz CT molecular complexity index is 2290. The van der Waals surface area contributed by atoms with Crippen LogP contribution < -0.4 is 4.57 Å². The number of furan rings is 1. The summed E-state index contributed by atoms with van der Waals surface area (Å²) >= 11 is 0. The van der Waals surface area contributed by atoms with E-state index in [9.17, 15) is 9.65 Å². The first-order chi connectivity index (χ1) is 21.8. The fraction of sp³-hybridized carbons (Fsp3) is 0.0526. The zero-order valence-corrected chi connectivity index (χ0v) is 23.0. The number of fused-ring (bicyclic) bond motifs is 3. The van der Waals surface area contributed by atoms with E-state index in [0.717, 1.165) is 44.2 Å². The standard InChI is InChI=1S/C38H26FN2O/c1-24-8-18-32-33-19-17-30(23-40)36(38(33)42-37(32)35(24)34-22-31(39)20-21-41(34)2)29-15-13-28(14-16-29)27-11-9-26(10-12-27)25-6-4-3-5-7-25/h3-22H,1-2H3/q+1/i20D,21D,22D. The molecule has 2 heterocycles. The van der Waals surface area contributed by atoms with Crippen LogP contribution in [0.5, 0.6) is 0 Å². The van der Waals surface area contributed by atoms with Crippen molar-refractivity contribution in [3.8, 4) is 50.7 Å². The third kappa shape index (κ3) is 4.24. The SMILES string of the molecule is [2H]c1c(F)c([2H])c(-c2c(C)ccc3c2oc2c(-c4ccc(-c5ccc(-c6ccccc6)cc5)cc4)c(C#N)ccc23)[n+](C)c1[2H]. The molecule has 0 amide bonds. The van der Waals surface area contributed by atoms with Gasteiger partial charge in [-0.1, -0.05) is 91.0 Å². The number of halogens is 1. The molecule has 4 heteroatoms. The fourth-order valence-corrected chi connectivity index (χ4v) is 5.63. The summed E-state index contributed by atoms with van der Waals surface area (Å²) in [6.45, 7) is 1.84. The van der Waals surface area contributed by atoms with E-state index >= 15 is 0 Å². The van der Waals surface area contributed by atoms with Crippen molar-refractivity contribution in [2.75, 3.05) is 0 Å². The lowest BCUT2D eigenvalue weighted by atomic mass is 9.94. The highest BCUT2D eigenvalue weighted by Crippen LogP contribution is 2.42. The Morgan fingerprint density at radius 3 is 1.88 bits per heavy atom. The second-order valence-corrected chi connectivity index (χ2v) is 10.3. The fourth-order valence-electron chi connectivity index (χ4n) is 5.63. The van der Waals surface area contributed by atoms with Crippen molar-refractivity contribution in [2.24, 2.45) is 7.05 Å². The van der Waals surface area contributed by atoms with Crippen molar-refractivity contribution in [1.82, 2.24) is 0 Å². The number of rotatable bonds is 4. The van der Waals surface area contributed by atoms with E-state index in [1.807, 2.05) is 67.6 Å². The van der Waals surface area contributed by atoms with Crippen molar-refractivity contribution >= 4 is 21.9 Å². The minimum absolute atomic E-state index is 0.153. The Hall–Kier alpha value is -5.53. The lowest BCUT2D eigenvalue weighted by Gasteiger charge is -2.08. The molecule has 0 aliphatic heterocycles. The molecule has 5 aromatic carbocycles. The summed E-state index contributed by atoms with van der Waals surface area (Å²) in [6, 6.07) is 35.3. The molecule has 0 N–H and O–H groups in total. The molecule has 0 saturated carbocycles. The second-order valence-electron chi connectivity index (χ2n) is 10.3. The van der Waals surface area contributed by atoms with Gasteiger partial charge in [0.05, 0.1) is 19.9 Å². The number of nitriles is 1. The number of aryl methyl sites for hydroxylation is 1. The number of hydrogen-bond donors (Lipinski definition) is 0. The van der Waals surface area contributed by atoms with Crippen LogP contribution in [0, 0.1) is 24.1 Å². The van der Waals surface area contributed by atoms with Crippen LogP contribution in [-0.2, 0) is 7.05 Å². The van der Waals surface area contributed by atoms with E-state index in [0.29, 0.717) is 27.9 Å². The van der Waals surface area contributed by atoms with Crippen molar-refractivity contribution in [2.45, 2.75) is 6.92 Å². The molecule has 0 aliphatic rings. The minimum atomic E-state index is -1.05. The maximum atomic E-state index is 14.9. The molecular weight excluding hydrogens is 519 g/mol. The van der Waals surface area contributed by atoms with Crippen molar-refractivity contribution < 1.29 is 17.5 Å². The first kappa shape index (κ1) is 22.2. The molecular formula is C38H26FN2O+. The number of nitrogens with zero attached hydrogens (tertiary/aromatic N) is 2. The highest BCUT2D eigenvalue weighted by Gasteiger charge is 2.23. The van der Waals surface area contributed by atoms with E-state index < -0.39 is 17.9 Å². The monoisotopic (exact) mass is 548 g/mol. The summed E-state index contributed by atoms with van der Waals surface area (Å²) in [5.74, 6) is -1.05. The first-order valence-electron chi connectivity index (χ1n) is 15.1. The van der Waals surface area contributed by atoms with Crippen molar-refractivity contribution in [1.29, 1.82) is 5.26 Å². The van der Waals surface area contributed by atoms with Crippen LogP contribution in [0.1, 0.15) is 15.2 Å². The van der Waals surface area contributed by atoms with Crippen LogP contribution in [0.3, 0.4) is 0 Å². The summed E-state index contributed by atoms with van der Waals surface area (Å²) in [7, 11) is 1.55. The van der Waals surface area contributed by atoms with Gasteiger partial charge in [0.25, 0.3) is 0 Å². The molecule has 0 radical (unpaired) electrons. The molecule has 0 unspecified atom stereocenters. The van der Waals surface area contributed by atoms with Gasteiger partial charge in [-0.25, -0.2) is 8.96 Å². The third-order valence-electron chi connectivity index (χ3n) is 7.77. The van der Waals surface area contributed by atoms with E-state index in [1.54, 1.807) is 13.1 Å². The van der Waals surface area contributed by atoms with Gasteiger partial charge in [0, 0.05) is 28.4 Å². The quantitative estimate of drug-likeness (QED) is 0.206. The van der Waals surface area contributed by atoms with Crippen LogP contribution in [-0.4, -0.2) is 0 Å². The van der Waals surface area contributed by atoms with Gasteiger partial charge in [-0.3, -0.25) is 0 Å². The summed E-state index contributed by atoms with van der Waals surface area (Å²) in [6.07, 6.45) is -0.340. The van der Waals surface area contributed by atoms with Gasteiger partial charge in [0.1, 0.15) is 25.4 Å². The van der Waals surface area contributed by atoms with Gasteiger partial charge >= 0.3 is 0 Å². The molecule has 0 fully saturated rings. The van der Waals surface area contributed by atoms with Crippen LogP contribution in [0.2, 0.25) is 0 Å². The molecule has 2 aromatic heterocycles. The van der Waals surface area contributed by atoms with E-state index in [2.05, 4.69) is 42.5 Å². The van der Waals surface area contributed by atoms with Gasteiger partial charge in [-0.05, 0) is 52.4 Å². The maximum absolute atomic E-state index is 14.9. The number of aromatic nitrogens is 1. The molecule has 200 valence electrons. The number of benzene rings is 5.